The Morgan fingerprint density at radius 3 is 2.04 bits per heavy atom. The number of Topliss-reactive ketones (excluding diaryl/α,β-unsaturated/α-hetero) is 1. The van der Waals surface area contributed by atoms with E-state index in [4.69, 9.17) is 9.47 Å². The molecule has 8 nitrogen and oxygen atoms in total. The van der Waals surface area contributed by atoms with Crippen LogP contribution in [-0.4, -0.2) is 42.0 Å². The van der Waals surface area contributed by atoms with Crippen molar-refractivity contribution in [1.29, 1.82) is 0 Å². The number of ketones is 1. The molecule has 4 unspecified atom stereocenters. The maximum Gasteiger partial charge on any atom is 0.235 e. The van der Waals surface area contributed by atoms with Crippen molar-refractivity contribution in [2.24, 2.45) is 11.8 Å². The second kappa shape index (κ2) is 14.9. The number of carbonyl (C=O) groups is 3. The summed E-state index contributed by atoms with van der Waals surface area (Å²) in [5, 5.41) is 17.7. The van der Waals surface area contributed by atoms with E-state index in [0.29, 0.717) is 35.0 Å². The average Bonchev–Trinajstić information content (AvgIpc) is 2.99. The fourth-order valence-corrected chi connectivity index (χ4v) is 6.38. The van der Waals surface area contributed by atoms with Gasteiger partial charge in [-0.25, -0.2) is 0 Å². The van der Waals surface area contributed by atoms with Gasteiger partial charge in [-0.3, -0.25) is 14.4 Å². The van der Waals surface area contributed by atoms with Crippen molar-refractivity contribution in [3.8, 4) is 11.5 Å². The van der Waals surface area contributed by atoms with Crippen molar-refractivity contribution < 1.29 is 29.0 Å². The van der Waals surface area contributed by atoms with Gasteiger partial charge < -0.3 is 25.2 Å². The van der Waals surface area contributed by atoms with Gasteiger partial charge in [0.25, 0.3) is 0 Å². The molecule has 1 fully saturated rings. The lowest BCUT2D eigenvalue weighted by molar-refractivity contribution is -0.150. The molecule has 3 aromatic carbocycles. The summed E-state index contributed by atoms with van der Waals surface area (Å²) < 4.78 is 11.7. The van der Waals surface area contributed by atoms with Crippen molar-refractivity contribution in [3.05, 3.63) is 82.4 Å². The van der Waals surface area contributed by atoms with Gasteiger partial charge in [-0.15, -0.1) is 0 Å². The number of unbranched alkanes of at least 4 members (excludes halogenated alkanes) is 3. The molecule has 246 valence electrons. The van der Waals surface area contributed by atoms with Gasteiger partial charge in [-0.05, 0) is 93.1 Å². The summed E-state index contributed by atoms with van der Waals surface area (Å²) >= 11 is 0. The number of amides is 2. The first-order valence-electron chi connectivity index (χ1n) is 16.2. The van der Waals surface area contributed by atoms with E-state index in [0.717, 1.165) is 47.9 Å². The van der Waals surface area contributed by atoms with Gasteiger partial charge in [0.1, 0.15) is 11.7 Å². The number of aliphatic hydroxyl groups is 1. The summed E-state index contributed by atoms with van der Waals surface area (Å²) in [6, 6.07) is 16.7. The largest absolute Gasteiger partial charge is 0.493 e. The molecule has 3 N–H and O–H groups in total. The average molecular weight is 629 g/mol. The Kier molecular flexibility index (Phi) is 11.3. The molecule has 46 heavy (non-hydrogen) atoms. The predicted octanol–water partition coefficient (Wildman–Crippen LogP) is 7.21. The highest BCUT2D eigenvalue weighted by molar-refractivity contribution is 6.10. The van der Waals surface area contributed by atoms with Crippen LogP contribution in [0.5, 0.6) is 11.5 Å². The second-order valence-corrected chi connectivity index (χ2v) is 12.9. The first-order chi connectivity index (χ1) is 21.9. The fourth-order valence-electron chi connectivity index (χ4n) is 6.38. The summed E-state index contributed by atoms with van der Waals surface area (Å²) in [6.45, 7) is 11.8. The molecule has 4 rings (SSSR count). The van der Waals surface area contributed by atoms with Crippen molar-refractivity contribution in [1.82, 2.24) is 0 Å². The topological polar surface area (TPSA) is 114 Å². The number of benzene rings is 3. The van der Waals surface area contributed by atoms with Crippen LogP contribution in [0.1, 0.15) is 79.7 Å². The molecule has 0 heterocycles. The number of rotatable bonds is 12. The number of hydrogen-bond donors (Lipinski definition) is 3. The number of nitrogens with one attached hydrogen (secondary N) is 2. The smallest absolute Gasteiger partial charge is 0.235 e. The van der Waals surface area contributed by atoms with Crippen LogP contribution >= 0.6 is 0 Å². The third-order valence-electron chi connectivity index (χ3n) is 8.96. The van der Waals surface area contributed by atoms with E-state index in [1.165, 1.54) is 14.0 Å². The Morgan fingerprint density at radius 1 is 0.848 bits per heavy atom. The van der Waals surface area contributed by atoms with E-state index in [2.05, 4.69) is 17.6 Å². The van der Waals surface area contributed by atoms with Crippen LogP contribution in [0, 0.1) is 39.5 Å². The molecular formula is C38H48N2O6. The minimum Gasteiger partial charge on any atom is -0.493 e. The number of carbonyl (C=O) groups excluding carboxylic acids is 3. The van der Waals surface area contributed by atoms with Gasteiger partial charge >= 0.3 is 0 Å². The lowest BCUT2D eigenvalue weighted by Gasteiger charge is -2.44. The Hall–Kier alpha value is -4.17. The van der Waals surface area contributed by atoms with E-state index in [9.17, 15) is 19.5 Å². The third-order valence-corrected chi connectivity index (χ3v) is 8.96. The zero-order chi connectivity index (χ0) is 33.6. The molecule has 8 heteroatoms. The number of hydrogen-bond acceptors (Lipinski definition) is 6. The quantitative estimate of drug-likeness (QED) is 0.144. The van der Waals surface area contributed by atoms with Gasteiger partial charge in [-0.2, -0.15) is 0 Å². The Bertz CT molecular complexity index is 1580. The molecular weight excluding hydrogens is 580 g/mol. The monoisotopic (exact) mass is 628 g/mol. The molecule has 0 saturated heterocycles. The lowest BCUT2D eigenvalue weighted by atomic mass is 9.61. The Morgan fingerprint density at radius 2 is 1.46 bits per heavy atom. The van der Waals surface area contributed by atoms with E-state index in [1.54, 1.807) is 18.2 Å². The summed E-state index contributed by atoms with van der Waals surface area (Å²) in [7, 11) is 1.53. The molecule has 1 saturated carbocycles. The van der Waals surface area contributed by atoms with Crippen LogP contribution in [0.3, 0.4) is 0 Å². The predicted molar refractivity (Wildman–Crippen MR) is 182 cm³/mol. The Labute approximate surface area is 272 Å². The fraction of sp³-hybridized carbons (Fsp3) is 0.447. The molecule has 3 aromatic rings. The first-order valence-corrected chi connectivity index (χ1v) is 16.2. The minimum atomic E-state index is -1.73. The highest BCUT2D eigenvalue weighted by Gasteiger charge is 2.56. The van der Waals surface area contributed by atoms with Crippen molar-refractivity contribution in [2.45, 2.75) is 85.2 Å². The molecule has 1 aliphatic carbocycles. The number of methoxy groups -OCH3 is 1. The van der Waals surface area contributed by atoms with E-state index in [1.807, 2.05) is 64.1 Å². The van der Waals surface area contributed by atoms with E-state index >= 15 is 0 Å². The van der Waals surface area contributed by atoms with Crippen molar-refractivity contribution in [2.75, 3.05) is 24.4 Å². The van der Waals surface area contributed by atoms with Crippen LogP contribution in [0.15, 0.2) is 54.6 Å². The minimum absolute atomic E-state index is 0.352. The number of ether oxygens (including phenoxy) is 2. The molecule has 0 aromatic heterocycles. The normalized spacial score (nSPS) is 21.0. The molecule has 2 amide bonds. The van der Waals surface area contributed by atoms with E-state index in [-0.39, 0.29) is 6.42 Å². The molecule has 0 radical (unpaired) electrons. The maximum absolute atomic E-state index is 14.2. The van der Waals surface area contributed by atoms with Crippen LogP contribution in [-0.2, 0) is 14.4 Å². The zero-order valence-corrected chi connectivity index (χ0v) is 28.2. The summed E-state index contributed by atoms with van der Waals surface area (Å²) in [5.41, 5.74) is 3.60. The van der Waals surface area contributed by atoms with Crippen LogP contribution in [0.25, 0.3) is 0 Å². The molecule has 0 spiro atoms. The lowest BCUT2D eigenvalue weighted by Crippen LogP contribution is -2.56. The third kappa shape index (κ3) is 7.97. The van der Waals surface area contributed by atoms with Crippen LogP contribution < -0.4 is 20.1 Å². The summed E-state index contributed by atoms with van der Waals surface area (Å²) in [6.07, 6.45) is 3.87. The zero-order valence-electron chi connectivity index (χ0n) is 28.2. The summed E-state index contributed by atoms with van der Waals surface area (Å²) in [5.74, 6) is -3.89. The second-order valence-electron chi connectivity index (χ2n) is 12.9. The van der Waals surface area contributed by atoms with Gasteiger partial charge in [0.2, 0.25) is 11.8 Å². The maximum atomic E-state index is 14.2. The van der Waals surface area contributed by atoms with Gasteiger partial charge in [-0.1, -0.05) is 56.5 Å². The summed E-state index contributed by atoms with van der Waals surface area (Å²) in [4.78, 5) is 42.2. The standard InChI is InChI=1S/C38H48N2O6/c1-8-9-10-11-18-46-31-17-16-27(21-32(31)45-7)33-34(36(42)39-28-19-23(2)12-14-25(28)4)30(41)22-38(6,44)35(33)37(43)40-29-20-24(3)13-15-26(29)5/h12-17,19-21,33-35,44H,8-11,18,22H2,1-7H3,(H,39,42)(H,40,43). The highest BCUT2D eigenvalue weighted by Crippen LogP contribution is 2.48. The first kappa shape index (κ1) is 34.7. The van der Waals surface area contributed by atoms with Crippen molar-refractivity contribution in [3.63, 3.8) is 0 Å². The molecule has 0 aliphatic heterocycles. The molecule has 1 aliphatic rings. The molecule has 4 atom stereocenters. The van der Waals surface area contributed by atoms with E-state index < -0.39 is 41.0 Å². The SMILES string of the molecule is CCCCCCOc1ccc(C2C(C(=O)Nc3cc(C)ccc3C)C(=O)CC(C)(O)C2C(=O)Nc2cc(C)ccc2C)cc1OC. The van der Waals surface area contributed by atoms with Crippen LogP contribution in [0.2, 0.25) is 0 Å². The highest BCUT2D eigenvalue weighted by atomic mass is 16.5. The van der Waals surface area contributed by atoms with Gasteiger partial charge in [0.15, 0.2) is 11.5 Å². The Balaban J connectivity index is 1.78. The van der Waals surface area contributed by atoms with Crippen molar-refractivity contribution >= 4 is 29.0 Å². The number of aryl methyl sites for hydroxylation is 4. The van der Waals surface area contributed by atoms with Crippen LogP contribution in [0.4, 0.5) is 11.4 Å². The molecule has 0 bridgehead atoms. The number of anilines is 2. The van der Waals surface area contributed by atoms with Gasteiger partial charge in [0.05, 0.1) is 25.2 Å². The van der Waals surface area contributed by atoms with Gasteiger partial charge in [0, 0.05) is 23.7 Å².